The molecule has 0 bridgehead atoms. The number of carbonyl (C=O) groups excluding carboxylic acids is 1. The molecule has 35 heavy (non-hydrogen) atoms. The van der Waals surface area contributed by atoms with Crippen molar-refractivity contribution >= 4 is 29.0 Å². The van der Waals surface area contributed by atoms with Gasteiger partial charge in [-0.3, -0.25) is 19.6 Å². The van der Waals surface area contributed by atoms with E-state index in [9.17, 15) is 22.8 Å². The number of aromatic nitrogens is 2. The number of halogens is 4. The van der Waals surface area contributed by atoms with E-state index in [1.165, 1.54) is 45.2 Å². The summed E-state index contributed by atoms with van der Waals surface area (Å²) in [6, 6.07) is 6.30. The van der Waals surface area contributed by atoms with E-state index in [2.05, 4.69) is 14.7 Å². The van der Waals surface area contributed by atoms with Gasteiger partial charge in [-0.15, -0.1) is 0 Å². The highest BCUT2D eigenvalue weighted by Crippen LogP contribution is 2.39. The van der Waals surface area contributed by atoms with Crippen molar-refractivity contribution in [1.82, 2.24) is 19.8 Å². The molecular formula is C22H19F4N5O4. The molecule has 3 aromatic rings. The topological polar surface area (TPSA) is 109 Å². The fraction of sp³-hybridized carbons (Fsp3) is 0.273. The maximum atomic E-state index is 16.0. The molecule has 2 N–H and O–H groups in total. The Morgan fingerprint density at radius 2 is 1.97 bits per heavy atom. The number of aliphatic imine (C=N–C) groups is 1. The molecule has 2 amide bonds. The number of benzene rings is 2. The molecule has 0 unspecified atom stereocenters. The lowest BCUT2D eigenvalue weighted by atomic mass is 9.86. The van der Waals surface area contributed by atoms with Gasteiger partial charge in [-0.05, 0) is 32.0 Å². The van der Waals surface area contributed by atoms with Crippen LogP contribution in [0.4, 0.5) is 22.4 Å². The van der Waals surface area contributed by atoms with Gasteiger partial charge in [-0.1, -0.05) is 12.1 Å². The Labute approximate surface area is 195 Å². The van der Waals surface area contributed by atoms with Gasteiger partial charge >= 0.3 is 12.7 Å². The lowest BCUT2D eigenvalue weighted by Crippen LogP contribution is -2.51. The molecule has 0 saturated carbocycles. The second-order valence-electron chi connectivity index (χ2n) is 8.02. The number of carbonyl (C=O) groups is 2. The Bertz CT molecular complexity index is 1390. The number of hydrogen-bond donors (Lipinski definition) is 2. The lowest BCUT2D eigenvalue weighted by molar-refractivity contribution is -0.128. The van der Waals surface area contributed by atoms with E-state index in [0.717, 1.165) is 15.5 Å². The minimum atomic E-state index is -3.34. The molecule has 0 saturated heterocycles. The quantitative estimate of drug-likeness (QED) is 0.536. The third-order valence-electron chi connectivity index (χ3n) is 5.66. The molecule has 1 aromatic heterocycles. The van der Waals surface area contributed by atoms with Gasteiger partial charge in [0.15, 0.2) is 17.4 Å². The smallest absolute Gasteiger partial charge is 0.411 e. The minimum Gasteiger partial charge on any atom is -0.465 e. The van der Waals surface area contributed by atoms with Gasteiger partial charge in [0.05, 0.1) is 23.2 Å². The first-order valence-electron chi connectivity index (χ1n) is 10.2. The number of carboxylic acid groups (broad SMARTS) is 1. The Morgan fingerprint density at radius 1 is 1.26 bits per heavy atom. The van der Waals surface area contributed by atoms with Crippen LogP contribution in [0, 0.1) is 18.6 Å². The molecule has 2 aromatic carbocycles. The van der Waals surface area contributed by atoms with Gasteiger partial charge in [-0.2, -0.15) is 8.78 Å². The van der Waals surface area contributed by atoms with Crippen LogP contribution >= 0.6 is 0 Å². The third-order valence-corrected chi connectivity index (χ3v) is 5.66. The molecule has 9 nitrogen and oxygen atoms in total. The highest BCUT2D eigenvalue weighted by molar-refractivity contribution is 6.04. The van der Waals surface area contributed by atoms with Crippen LogP contribution in [-0.4, -0.2) is 51.2 Å². The minimum absolute atomic E-state index is 0.0740. The van der Waals surface area contributed by atoms with Crippen LogP contribution in [0.3, 0.4) is 0 Å². The highest BCUT2D eigenvalue weighted by Gasteiger charge is 2.40. The predicted molar refractivity (Wildman–Crippen MR) is 116 cm³/mol. The maximum absolute atomic E-state index is 16.0. The summed E-state index contributed by atoms with van der Waals surface area (Å²) in [4.78, 5) is 33.2. The fourth-order valence-electron chi connectivity index (χ4n) is 4.08. The van der Waals surface area contributed by atoms with Crippen molar-refractivity contribution in [3.63, 3.8) is 0 Å². The highest BCUT2D eigenvalue weighted by atomic mass is 19.3. The van der Waals surface area contributed by atoms with Gasteiger partial charge in [0, 0.05) is 12.6 Å². The zero-order valence-corrected chi connectivity index (χ0v) is 18.6. The number of rotatable bonds is 4. The first kappa shape index (κ1) is 24.0. The van der Waals surface area contributed by atoms with Crippen LogP contribution < -0.4 is 10.1 Å². The van der Waals surface area contributed by atoms with Gasteiger partial charge in [0.2, 0.25) is 11.9 Å². The van der Waals surface area contributed by atoms with Crippen molar-refractivity contribution in [3.05, 3.63) is 53.4 Å². The number of alkyl halides is 2. The van der Waals surface area contributed by atoms with E-state index in [1.54, 1.807) is 0 Å². The number of fused-ring (bicyclic) bond motifs is 1. The Kier molecular flexibility index (Phi) is 5.87. The number of aryl methyl sites for hydroxylation is 1. The molecule has 184 valence electrons. The maximum Gasteiger partial charge on any atom is 0.411 e. The molecule has 0 aliphatic carbocycles. The second kappa shape index (κ2) is 8.56. The normalized spacial score (nSPS) is 18.2. The standard InChI is InChI=1S/C22H19F4N5O4/c1-10-27-13-8-7-12(23)18(35-19(25)26)17(13)31(10)14-6-4-5-11(16(14)24)22(2)9-15(32)30(3)20(29-22)28-21(33)34/h4-8,19H,9H2,1-3H3,(H,28,29)(H,33,34)/t22-/m0/s1. The molecule has 1 aliphatic heterocycles. The summed E-state index contributed by atoms with van der Waals surface area (Å²) < 4.78 is 62.0. The summed E-state index contributed by atoms with van der Waals surface area (Å²) >= 11 is 0. The van der Waals surface area contributed by atoms with Crippen LogP contribution in [0.5, 0.6) is 5.75 Å². The molecule has 0 fully saturated rings. The lowest BCUT2D eigenvalue weighted by Gasteiger charge is -2.35. The van der Waals surface area contributed by atoms with Crippen molar-refractivity contribution in [2.24, 2.45) is 4.99 Å². The second-order valence-corrected chi connectivity index (χ2v) is 8.02. The summed E-state index contributed by atoms with van der Waals surface area (Å²) in [5.74, 6) is -3.43. The van der Waals surface area contributed by atoms with Gasteiger partial charge in [0.1, 0.15) is 11.3 Å². The number of amides is 2. The molecule has 4 rings (SSSR count). The number of nitrogens with zero attached hydrogens (tertiary/aromatic N) is 4. The Hall–Kier alpha value is -4.16. The van der Waals surface area contributed by atoms with E-state index in [-0.39, 0.29) is 40.5 Å². The fourth-order valence-corrected chi connectivity index (χ4v) is 4.08. The monoisotopic (exact) mass is 493 g/mol. The number of ether oxygens (including phenoxy) is 1. The SMILES string of the molecule is Cc1nc2ccc(F)c(OC(F)F)c2n1-c1cccc([C@]2(C)CC(=O)N(C)C(NC(=O)O)=N2)c1F. The van der Waals surface area contributed by atoms with Crippen molar-refractivity contribution in [3.8, 4) is 11.4 Å². The molecular weight excluding hydrogens is 474 g/mol. The van der Waals surface area contributed by atoms with Crippen molar-refractivity contribution < 1.29 is 37.0 Å². The third kappa shape index (κ3) is 4.13. The summed E-state index contributed by atoms with van der Waals surface area (Å²) in [5.41, 5.74) is -1.88. The zero-order valence-electron chi connectivity index (χ0n) is 18.6. The van der Waals surface area contributed by atoms with Crippen LogP contribution in [0.25, 0.3) is 16.7 Å². The van der Waals surface area contributed by atoms with Crippen LogP contribution in [0.15, 0.2) is 35.3 Å². The van der Waals surface area contributed by atoms with Gasteiger partial charge in [0.25, 0.3) is 0 Å². The average Bonchev–Trinajstić information content (AvgIpc) is 3.09. The molecule has 1 atom stereocenters. The Balaban J connectivity index is 1.94. The number of hydrogen-bond acceptors (Lipinski definition) is 5. The molecule has 13 heteroatoms. The summed E-state index contributed by atoms with van der Waals surface area (Å²) in [7, 11) is 1.32. The molecule has 0 radical (unpaired) electrons. The number of guanidine groups is 1. The molecule has 2 heterocycles. The van der Waals surface area contributed by atoms with E-state index in [4.69, 9.17) is 5.11 Å². The van der Waals surface area contributed by atoms with E-state index in [0.29, 0.717) is 0 Å². The van der Waals surface area contributed by atoms with Crippen molar-refractivity contribution in [2.45, 2.75) is 32.4 Å². The first-order chi connectivity index (χ1) is 16.4. The summed E-state index contributed by atoms with van der Waals surface area (Å²) in [6.45, 7) is -0.411. The summed E-state index contributed by atoms with van der Waals surface area (Å²) in [5, 5.41) is 11.1. The Morgan fingerprint density at radius 3 is 2.63 bits per heavy atom. The largest absolute Gasteiger partial charge is 0.465 e. The zero-order chi connectivity index (χ0) is 25.7. The van der Waals surface area contributed by atoms with Crippen molar-refractivity contribution in [2.75, 3.05) is 7.05 Å². The molecule has 0 spiro atoms. The average molecular weight is 493 g/mol. The van der Waals surface area contributed by atoms with Crippen molar-refractivity contribution in [1.29, 1.82) is 0 Å². The van der Waals surface area contributed by atoms with E-state index >= 15 is 4.39 Å². The van der Waals surface area contributed by atoms with Gasteiger partial charge in [-0.25, -0.2) is 23.6 Å². The van der Waals surface area contributed by atoms with Crippen LogP contribution in [0.1, 0.15) is 24.7 Å². The molecule has 1 aliphatic rings. The van der Waals surface area contributed by atoms with E-state index < -0.39 is 41.5 Å². The summed E-state index contributed by atoms with van der Waals surface area (Å²) in [6.07, 6.45) is -1.75. The number of imidazole rings is 1. The first-order valence-corrected chi connectivity index (χ1v) is 10.2. The predicted octanol–water partition coefficient (Wildman–Crippen LogP) is 3.91. The van der Waals surface area contributed by atoms with Gasteiger partial charge < -0.3 is 9.84 Å². The van der Waals surface area contributed by atoms with Crippen LogP contribution in [0.2, 0.25) is 0 Å². The van der Waals surface area contributed by atoms with Crippen LogP contribution in [-0.2, 0) is 10.3 Å². The van der Waals surface area contributed by atoms with E-state index in [1.807, 2.05) is 5.32 Å². The number of nitrogens with one attached hydrogen (secondary N) is 1.